The number of morpholine rings is 3. The van der Waals surface area contributed by atoms with Gasteiger partial charge in [0, 0.05) is 148 Å². The highest BCUT2D eigenvalue weighted by atomic mass is 35.5. The maximum absolute atomic E-state index is 12.4. The Morgan fingerprint density at radius 1 is 0.631 bits per heavy atom. The number of anilines is 5. The number of H-pyrrole nitrogens is 1. The molecule has 0 bridgehead atoms. The van der Waals surface area contributed by atoms with Crippen LogP contribution in [0.4, 0.5) is 34.5 Å². The Labute approximate surface area is 604 Å². The first-order valence-electron chi connectivity index (χ1n) is 34.7. The van der Waals surface area contributed by atoms with Crippen molar-refractivity contribution >= 4 is 77.5 Å². The predicted molar refractivity (Wildman–Crippen MR) is 385 cm³/mol. The fourth-order valence-corrected chi connectivity index (χ4v) is 11.9. The van der Waals surface area contributed by atoms with Crippen LogP contribution < -0.4 is 72.5 Å². The number of hydrogen-bond donors (Lipinski definition) is 6. The Hall–Kier alpha value is -8.78. The highest BCUT2D eigenvalue weighted by Gasteiger charge is 2.53. The van der Waals surface area contributed by atoms with Crippen LogP contribution in [0.25, 0.3) is 16.8 Å². The Balaban J connectivity index is 0.000000150. The number of ether oxygens (including phenoxy) is 9. The molecule has 37 heteroatoms. The van der Waals surface area contributed by atoms with Gasteiger partial charge in [-0.3, -0.25) is 14.6 Å². The van der Waals surface area contributed by atoms with Crippen molar-refractivity contribution in [3.8, 4) is 34.8 Å². The molecule has 0 aromatic carbocycles. The monoisotopic (exact) mass is 1450 g/mol. The number of aromatic nitrogens is 10. The zero-order chi connectivity index (χ0) is 73.4. The lowest BCUT2D eigenvalue weighted by molar-refractivity contribution is -0.130. The molecule has 13 rings (SSSR count). The number of halogens is 1. The second kappa shape index (κ2) is 35.1. The molecule has 9 N–H and O–H groups in total. The maximum atomic E-state index is 12.4. The minimum atomic E-state index is -0.550. The van der Waals surface area contributed by atoms with Gasteiger partial charge in [0.25, 0.3) is 5.56 Å². The largest absolute Gasteiger partial charge is 0.502 e. The molecule has 560 valence electrons. The quantitative estimate of drug-likeness (QED) is 0.0687. The van der Waals surface area contributed by atoms with Crippen molar-refractivity contribution in [1.82, 2.24) is 70.3 Å². The molecule has 1 atom stereocenters. The van der Waals surface area contributed by atoms with E-state index in [9.17, 15) is 14.4 Å². The van der Waals surface area contributed by atoms with Crippen molar-refractivity contribution in [1.29, 1.82) is 0 Å². The molecule has 7 saturated heterocycles. The minimum Gasteiger partial charge on any atom is -0.481 e. The number of methoxy groups -OCH3 is 2. The fraction of sp³-hybridized carbons (Fsp3) is 0.621. The van der Waals surface area contributed by atoms with Crippen LogP contribution in [0, 0.1) is 0 Å². The van der Waals surface area contributed by atoms with Crippen molar-refractivity contribution in [3.05, 3.63) is 58.0 Å². The van der Waals surface area contributed by atoms with E-state index in [-0.39, 0.29) is 53.3 Å². The number of amides is 2. The van der Waals surface area contributed by atoms with Gasteiger partial charge < -0.3 is 104 Å². The third-order valence-electron chi connectivity index (χ3n) is 18.1. The minimum absolute atomic E-state index is 0.0211. The third kappa shape index (κ3) is 21.4. The molecule has 13 heterocycles. The molecule has 0 aliphatic carbocycles. The van der Waals surface area contributed by atoms with Crippen LogP contribution in [0.1, 0.15) is 99.6 Å². The number of nitrogens with one attached hydrogen (secondary N) is 3. The Morgan fingerprint density at radius 2 is 1.12 bits per heavy atom. The first-order chi connectivity index (χ1) is 49.3. The molecule has 5 aromatic heterocycles. The zero-order valence-electron chi connectivity index (χ0n) is 60.4. The number of nitrogens with two attached hydrogens (primary N) is 3. The zero-order valence-corrected chi connectivity index (χ0v) is 61.1. The number of aromatic amines is 1. The van der Waals surface area contributed by atoms with E-state index in [1.54, 1.807) is 43.5 Å². The first-order valence-corrected chi connectivity index (χ1v) is 35.1. The second-order valence-electron chi connectivity index (χ2n) is 27.2. The molecule has 0 spiro atoms. The molecule has 7 fully saturated rings. The van der Waals surface area contributed by atoms with Crippen molar-refractivity contribution in [2.45, 2.75) is 135 Å². The van der Waals surface area contributed by atoms with Gasteiger partial charge in [-0.2, -0.15) is 19.9 Å². The van der Waals surface area contributed by atoms with Gasteiger partial charge in [0.1, 0.15) is 29.1 Å². The van der Waals surface area contributed by atoms with Crippen molar-refractivity contribution in [2.75, 3.05) is 159 Å². The van der Waals surface area contributed by atoms with Gasteiger partial charge in [-0.15, -0.1) is 0 Å². The van der Waals surface area contributed by atoms with Crippen molar-refractivity contribution < 1.29 is 61.5 Å². The summed E-state index contributed by atoms with van der Waals surface area (Å²) in [6.07, 6.45) is 8.78. The number of aliphatic imine (C=N–C) groups is 1. The van der Waals surface area contributed by atoms with Crippen LogP contribution in [0.2, 0.25) is 5.15 Å². The number of carbonyl (C=O) groups is 2. The normalized spacial score (nSPS) is 20.3. The van der Waals surface area contributed by atoms with Crippen LogP contribution >= 0.6 is 11.6 Å². The maximum Gasteiger partial charge on any atom is 0.502 e. The fourth-order valence-electron chi connectivity index (χ4n) is 11.7. The van der Waals surface area contributed by atoms with E-state index in [0.717, 1.165) is 70.5 Å². The van der Waals surface area contributed by atoms with E-state index in [0.29, 0.717) is 161 Å². The van der Waals surface area contributed by atoms with Crippen LogP contribution in [-0.2, 0) is 37.8 Å². The van der Waals surface area contributed by atoms with Gasteiger partial charge >= 0.3 is 13.2 Å². The van der Waals surface area contributed by atoms with Crippen LogP contribution in [0.15, 0.2) is 46.6 Å². The number of carbonyl (C=O) groups excluding carboxylic acids is 2. The van der Waals surface area contributed by atoms with Crippen LogP contribution in [0.5, 0.6) is 23.5 Å². The average molecular weight is 1450 g/mol. The smallest absolute Gasteiger partial charge is 0.481 e. The lowest BCUT2D eigenvalue weighted by Crippen LogP contribution is -2.44. The molecule has 103 heavy (non-hydrogen) atoms. The topological polar surface area (TPSA) is 415 Å². The molecule has 5 aromatic rings. The van der Waals surface area contributed by atoms with Gasteiger partial charge in [-0.05, 0) is 74.4 Å². The number of hydrogen-bond acceptors (Lipinski definition) is 32. The molecule has 0 saturated carbocycles. The number of guanidine groups is 1. The second-order valence-corrected chi connectivity index (χ2v) is 27.6. The average Bonchev–Trinajstić information content (AvgIpc) is 1.65. The van der Waals surface area contributed by atoms with Gasteiger partial charge in [0.15, 0.2) is 18.1 Å². The van der Waals surface area contributed by atoms with Gasteiger partial charge in [-0.25, -0.2) is 34.7 Å². The van der Waals surface area contributed by atoms with E-state index in [1.807, 2.05) is 69.2 Å². The van der Waals surface area contributed by atoms with Crippen LogP contribution in [-0.4, -0.2) is 258 Å². The summed E-state index contributed by atoms with van der Waals surface area (Å²) in [5.74, 6) is 4.04. The molecular formula is C66H97BClN21O14. The summed E-state index contributed by atoms with van der Waals surface area (Å²) in [4.78, 5) is 91.9. The summed E-state index contributed by atoms with van der Waals surface area (Å²) in [5.41, 5.74) is 18.0. The highest BCUT2D eigenvalue weighted by molar-refractivity contribution is 6.63. The van der Waals surface area contributed by atoms with Crippen molar-refractivity contribution in [2.24, 2.45) is 10.7 Å². The lowest BCUT2D eigenvalue weighted by Gasteiger charge is -2.33. The summed E-state index contributed by atoms with van der Waals surface area (Å²) >= 11 is 6.15. The van der Waals surface area contributed by atoms with E-state index in [2.05, 4.69) is 65.4 Å². The van der Waals surface area contributed by atoms with Crippen molar-refractivity contribution in [3.63, 3.8) is 0 Å². The molecule has 8 aliphatic rings. The van der Waals surface area contributed by atoms with E-state index >= 15 is 0 Å². The summed E-state index contributed by atoms with van der Waals surface area (Å²) in [7, 11) is 2.57. The van der Waals surface area contributed by atoms with Crippen LogP contribution in [0.3, 0.4) is 0 Å². The lowest BCUT2D eigenvalue weighted by atomic mass is 9.81. The van der Waals surface area contributed by atoms with E-state index in [4.69, 9.17) is 85.7 Å². The summed E-state index contributed by atoms with van der Waals surface area (Å²) < 4.78 is 62.5. The molecule has 0 radical (unpaired) electrons. The standard InChI is InChI=1S/C19H25N7O4.C18H27ClN4O4.C18H27N7O3.C11H18BN3O3/c1-12(27)25-4-2-13(3-5-25)30-16-10-15(14-11-21-18(20)24-17(14)28)22-19(23-16)26-6-8-29-9-7-26;1-18(2,3)27-17(24)23-6-4-13(5-7-23)26-15-12-14(19)20-16(21-15)22-8-10-25-11-9-22;1-26-16-13(11-21-17(19)24-16)14-10-15(28-12-2-4-20-5-3-12)23-18(22-14)25-6-8-27-9-7-25;1-10(2)11(3,4)18-12(17-10)7-6-14-9(13)15-8(7)16-5/h10-11,13H,2-9H2,1H3,(H3,20,21,24,28);12-13H,4-11H2,1-3H3;10-12,16,20H,2-9H2,1H3,(H3,19,21,24);6H,1-5H3,(H2,13,14,15). The molecule has 2 amide bonds. The molecule has 35 nitrogen and oxygen atoms in total. The first kappa shape index (κ1) is 76.9. The van der Waals surface area contributed by atoms with E-state index < -0.39 is 30.1 Å². The van der Waals surface area contributed by atoms with Gasteiger partial charge in [-0.1, -0.05) is 11.6 Å². The van der Waals surface area contributed by atoms with E-state index in [1.165, 1.54) is 13.3 Å². The van der Waals surface area contributed by atoms with Gasteiger partial charge in [0.2, 0.25) is 53.2 Å². The molecular weight excluding hydrogens is 1360 g/mol. The number of nitrogen functional groups attached to an aromatic ring is 2. The van der Waals surface area contributed by atoms with Gasteiger partial charge in [0.05, 0.1) is 80.4 Å². The number of likely N-dealkylation sites (tertiary alicyclic amines) is 2. The third-order valence-corrected chi connectivity index (χ3v) is 18.3. The number of nitrogens with zero attached hydrogens (tertiary/aromatic N) is 15. The number of piperidine rings is 3. The Bertz CT molecular complexity index is 3760. The Morgan fingerprint density at radius 3 is 1.61 bits per heavy atom. The molecule has 8 aliphatic heterocycles. The molecule has 1 unspecified atom stereocenters. The highest BCUT2D eigenvalue weighted by Crippen LogP contribution is 2.37. The summed E-state index contributed by atoms with van der Waals surface area (Å²) in [6, 6.07) is 5.12. The summed E-state index contributed by atoms with van der Waals surface area (Å²) in [6.45, 7) is 27.5. The number of rotatable bonds is 14. The Kier molecular flexibility index (Phi) is 26.2. The SMILES string of the molecule is CC(=O)N1CCC(Oc2cc(-c3cnc(N)[nH]c3=O)nc(N3CCOCC3)n2)CC1.CC(C)(C)OC(=O)N1CCC(Oc2cc(Cl)nc(N3CCOCC3)n2)CC1.COC1N=C(N)NC=C1c1cc(OC2CCNCC2)nc(N2CCOCC2)n1.COc1nc(N)ncc1B1OC(C)(C)C(C)(C)O1. The summed E-state index contributed by atoms with van der Waals surface area (Å²) in [5, 5.41) is 6.64. The predicted octanol–water partition coefficient (Wildman–Crippen LogP) is 2.82.